The summed E-state index contributed by atoms with van der Waals surface area (Å²) in [6.45, 7) is 4.44. The molecule has 0 saturated carbocycles. The van der Waals surface area contributed by atoms with Gasteiger partial charge in [-0.1, -0.05) is 37.2 Å². The van der Waals surface area contributed by atoms with Gasteiger partial charge < -0.3 is 10.4 Å². The number of hydrogen-bond acceptors (Lipinski definition) is 5. The lowest BCUT2D eigenvalue weighted by atomic mass is 10.2. The van der Waals surface area contributed by atoms with Gasteiger partial charge in [0.25, 0.3) is 5.56 Å². The molecule has 0 aliphatic carbocycles. The van der Waals surface area contributed by atoms with Crippen LogP contribution in [-0.4, -0.2) is 39.0 Å². The number of amides is 1. The minimum atomic E-state index is -0.138. The van der Waals surface area contributed by atoms with Crippen molar-refractivity contribution < 1.29 is 9.90 Å². The number of aliphatic hydroxyl groups excluding tert-OH is 1. The zero-order chi connectivity index (χ0) is 18.2. The van der Waals surface area contributed by atoms with Crippen LogP contribution in [0.2, 0.25) is 0 Å². The summed E-state index contributed by atoms with van der Waals surface area (Å²) in [5.41, 5.74) is 0.483. The molecule has 2 N–H and O–H groups in total. The van der Waals surface area contributed by atoms with Crippen LogP contribution in [0.5, 0.6) is 0 Å². The molecule has 0 aliphatic heterocycles. The highest BCUT2D eigenvalue weighted by atomic mass is 32.2. The second-order valence-electron chi connectivity index (χ2n) is 5.99. The Labute approximate surface area is 151 Å². The second-order valence-corrected chi connectivity index (χ2v) is 6.93. The summed E-state index contributed by atoms with van der Waals surface area (Å²) in [4.78, 5) is 29.3. The molecule has 25 heavy (non-hydrogen) atoms. The van der Waals surface area contributed by atoms with E-state index < -0.39 is 0 Å². The summed E-state index contributed by atoms with van der Waals surface area (Å²) in [6, 6.07) is 7.31. The maximum atomic E-state index is 12.7. The van der Waals surface area contributed by atoms with E-state index in [1.54, 1.807) is 22.8 Å². The Morgan fingerprint density at radius 2 is 2.16 bits per heavy atom. The van der Waals surface area contributed by atoms with Crippen molar-refractivity contribution in [3.8, 4) is 0 Å². The van der Waals surface area contributed by atoms with Crippen molar-refractivity contribution in [1.82, 2.24) is 14.9 Å². The van der Waals surface area contributed by atoms with Gasteiger partial charge in [0.2, 0.25) is 5.91 Å². The highest BCUT2D eigenvalue weighted by molar-refractivity contribution is 7.99. The van der Waals surface area contributed by atoms with E-state index in [1.165, 1.54) is 11.8 Å². The third-order valence-electron chi connectivity index (χ3n) is 3.83. The summed E-state index contributed by atoms with van der Waals surface area (Å²) >= 11 is 1.25. The molecule has 1 heterocycles. The number of carbonyl (C=O) groups is 1. The normalized spacial score (nSPS) is 12.3. The van der Waals surface area contributed by atoms with Crippen LogP contribution < -0.4 is 10.9 Å². The van der Waals surface area contributed by atoms with E-state index >= 15 is 0 Å². The van der Waals surface area contributed by atoms with Crippen molar-refractivity contribution >= 4 is 28.6 Å². The minimum Gasteiger partial charge on any atom is -0.396 e. The maximum Gasteiger partial charge on any atom is 0.262 e. The lowest BCUT2D eigenvalue weighted by molar-refractivity contribution is -0.119. The first-order valence-corrected chi connectivity index (χ1v) is 9.58. The van der Waals surface area contributed by atoms with Gasteiger partial charge in [-0.2, -0.15) is 0 Å². The Hall–Kier alpha value is -1.86. The van der Waals surface area contributed by atoms with E-state index in [0.29, 0.717) is 29.0 Å². The number of thioether (sulfide) groups is 1. The quantitative estimate of drug-likeness (QED) is 0.527. The Kier molecular flexibility index (Phi) is 7.46. The monoisotopic (exact) mass is 363 g/mol. The van der Waals surface area contributed by atoms with Crippen LogP contribution in [-0.2, 0) is 11.3 Å². The molecular weight excluding hydrogens is 338 g/mol. The average Bonchev–Trinajstić information content (AvgIpc) is 2.59. The Bertz CT molecular complexity index is 776. The molecule has 136 valence electrons. The summed E-state index contributed by atoms with van der Waals surface area (Å²) in [7, 11) is 0. The average molecular weight is 363 g/mol. The molecule has 0 fully saturated rings. The smallest absolute Gasteiger partial charge is 0.262 e. The van der Waals surface area contributed by atoms with Crippen molar-refractivity contribution in [3.05, 3.63) is 34.6 Å². The number of nitrogens with zero attached hydrogens (tertiary/aromatic N) is 2. The van der Waals surface area contributed by atoms with Crippen LogP contribution in [0.25, 0.3) is 10.9 Å². The number of aliphatic hydroxyl groups is 1. The van der Waals surface area contributed by atoms with E-state index in [-0.39, 0.29) is 29.9 Å². The van der Waals surface area contributed by atoms with Crippen LogP contribution in [0.4, 0.5) is 0 Å². The van der Waals surface area contributed by atoms with E-state index in [9.17, 15) is 9.59 Å². The van der Waals surface area contributed by atoms with E-state index in [0.717, 1.165) is 12.8 Å². The van der Waals surface area contributed by atoms with Gasteiger partial charge in [-0.05, 0) is 31.9 Å². The number of para-hydroxylation sites is 1. The van der Waals surface area contributed by atoms with Gasteiger partial charge in [-0.25, -0.2) is 4.98 Å². The Morgan fingerprint density at radius 3 is 2.88 bits per heavy atom. The number of benzene rings is 1. The van der Waals surface area contributed by atoms with Crippen LogP contribution in [0.3, 0.4) is 0 Å². The van der Waals surface area contributed by atoms with Gasteiger partial charge in [0.05, 0.1) is 16.7 Å². The standard InChI is InChI=1S/C18H25N3O3S/c1-3-7-13(2)19-16(23)12-25-18-20-15-9-5-4-8-14(15)17(24)21(18)10-6-11-22/h4-5,8-9,13,22H,3,6-7,10-12H2,1-2H3,(H,19,23). The van der Waals surface area contributed by atoms with Gasteiger partial charge in [-0.3, -0.25) is 14.2 Å². The van der Waals surface area contributed by atoms with Crippen LogP contribution in [0, 0.1) is 0 Å². The third-order valence-corrected chi connectivity index (χ3v) is 4.80. The SMILES string of the molecule is CCCC(C)NC(=O)CSc1nc2ccccc2c(=O)n1CCCO. The fourth-order valence-electron chi connectivity index (χ4n) is 2.64. The number of nitrogens with one attached hydrogen (secondary N) is 1. The fourth-order valence-corrected chi connectivity index (χ4v) is 3.47. The molecule has 0 aliphatic rings. The van der Waals surface area contributed by atoms with Crippen molar-refractivity contribution in [1.29, 1.82) is 0 Å². The van der Waals surface area contributed by atoms with E-state index in [2.05, 4.69) is 17.2 Å². The van der Waals surface area contributed by atoms with Gasteiger partial charge in [0.15, 0.2) is 5.16 Å². The van der Waals surface area contributed by atoms with Gasteiger partial charge in [0, 0.05) is 19.2 Å². The zero-order valence-electron chi connectivity index (χ0n) is 14.7. The Balaban J connectivity index is 2.20. The Morgan fingerprint density at radius 1 is 1.40 bits per heavy atom. The van der Waals surface area contributed by atoms with Crippen LogP contribution >= 0.6 is 11.8 Å². The summed E-state index contributed by atoms with van der Waals surface area (Å²) in [6.07, 6.45) is 2.42. The number of aromatic nitrogens is 2. The number of carbonyl (C=O) groups excluding carboxylic acids is 1. The minimum absolute atomic E-state index is 0.00160. The first-order chi connectivity index (χ1) is 12.1. The predicted octanol–water partition coefficient (Wildman–Crippen LogP) is 2.18. The molecule has 1 aromatic heterocycles. The molecule has 1 atom stereocenters. The maximum absolute atomic E-state index is 12.7. The number of hydrogen-bond donors (Lipinski definition) is 2. The van der Waals surface area contributed by atoms with Crippen molar-refractivity contribution in [2.75, 3.05) is 12.4 Å². The molecule has 1 aromatic carbocycles. The topological polar surface area (TPSA) is 84.2 Å². The van der Waals surface area contributed by atoms with Crippen LogP contribution in [0.1, 0.15) is 33.1 Å². The number of fused-ring (bicyclic) bond motifs is 1. The number of rotatable bonds is 9. The largest absolute Gasteiger partial charge is 0.396 e. The first kappa shape index (κ1) is 19.5. The molecule has 7 heteroatoms. The molecule has 0 spiro atoms. The van der Waals surface area contributed by atoms with Gasteiger partial charge in [0.1, 0.15) is 0 Å². The highest BCUT2D eigenvalue weighted by Gasteiger charge is 2.14. The molecule has 0 saturated heterocycles. The molecule has 1 unspecified atom stereocenters. The second kappa shape index (κ2) is 9.58. The van der Waals surface area contributed by atoms with E-state index in [1.807, 2.05) is 13.0 Å². The molecule has 0 bridgehead atoms. The molecule has 6 nitrogen and oxygen atoms in total. The predicted molar refractivity (Wildman–Crippen MR) is 101 cm³/mol. The zero-order valence-corrected chi connectivity index (χ0v) is 15.5. The van der Waals surface area contributed by atoms with Crippen LogP contribution in [0.15, 0.2) is 34.2 Å². The molecule has 2 rings (SSSR count). The van der Waals surface area contributed by atoms with Crippen molar-refractivity contribution in [3.63, 3.8) is 0 Å². The molecule has 0 radical (unpaired) electrons. The fraction of sp³-hybridized carbons (Fsp3) is 0.500. The molecular formula is C18H25N3O3S. The first-order valence-electron chi connectivity index (χ1n) is 8.59. The third kappa shape index (κ3) is 5.31. The summed E-state index contributed by atoms with van der Waals surface area (Å²) in [5, 5.41) is 13.1. The lowest BCUT2D eigenvalue weighted by Crippen LogP contribution is -2.34. The van der Waals surface area contributed by atoms with E-state index in [4.69, 9.17) is 5.11 Å². The van der Waals surface area contributed by atoms with Gasteiger partial charge >= 0.3 is 0 Å². The highest BCUT2D eigenvalue weighted by Crippen LogP contribution is 2.18. The van der Waals surface area contributed by atoms with Crippen molar-refractivity contribution in [2.45, 2.75) is 50.9 Å². The lowest BCUT2D eigenvalue weighted by Gasteiger charge is -2.14. The molecule has 2 aromatic rings. The summed E-state index contributed by atoms with van der Waals surface area (Å²) < 4.78 is 1.55. The van der Waals surface area contributed by atoms with Crippen molar-refractivity contribution in [2.24, 2.45) is 0 Å². The molecule has 1 amide bonds. The van der Waals surface area contributed by atoms with Gasteiger partial charge in [-0.15, -0.1) is 0 Å². The summed E-state index contributed by atoms with van der Waals surface area (Å²) in [5.74, 6) is 0.139.